The molecule has 0 atom stereocenters. The number of fused-ring (bicyclic) bond motifs is 1. The van der Waals surface area contributed by atoms with Crippen LogP contribution < -0.4 is 5.32 Å². The summed E-state index contributed by atoms with van der Waals surface area (Å²) < 4.78 is 7.37. The van der Waals surface area contributed by atoms with Gasteiger partial charge in [0.05, 0.1) is 11.0 Å². The molecular weight excluding hydrogens is 314 g/mol. The number of ether oxygens (including phenoxy) is 1. The van der Waals surface area contributed by atoms with Crippen molar-refractivity contribution >= 4 is 16.9 Å². The average molecular weight is 337 g/mol. The van der Waals surface area contributed by atoms with E-state index >= 15 is 0 Å². The molecule has 5 heteroatoms. The standard InChI is InChI=1S/C20H23N3O2/c1-3-25-13-7-12-21-20(24)16-10-11-19-18(14-16)22-15(2)23(19)17-8-5-4-6-9-17/h4-6,8-11,14H,3,7,12-13H2,1-2H3,(H,21,24). The molecule has 1 amide bonds. The maximum absolute atomic E-state index is 12.3. The van der Waals surface area contributed by atoms with Gasteiger partial charge in [0, 0.05) is 31.0 Å². The van der Waals surface area contributed by atoms with Crippen LogP contribution >= 0.6 is 0 Å². The van der Waals surface area contributed by atoms with Crippen LogP contribution in [0, 0.1) is 6.92 Å². The number of para-hydroxylation sites is 1. The average Bonchev–Trinajstić information content (AvgIpc) is 2.97. The number of aryl methyl sites for hydroxylation is 1. The summed E-state index contributed by atoms with van der Waals surface area (Å²) >= 11 is 0. The molecule has 1 N–H and O–H groups in total. The highest BCUT2D eigenvalue weighted by atomic mass is 16.5. The van der Waals surface area contributed by atoms with Crippen LogP contribution in [0.3, 0.4) is 0 Å². The van der Waals surface area contributed by atoms with Crippen molar-refractivity contribution in [2.45, 2.75) is 20.3 Å². The molecule has 0 aliphatic rings. The largest absolute Gasteiger partial charge is 0.382 e. The second kappa shape index (κ2) is 7.94. The first-order valence-electron chi connectivity index (χ1n) is 8.61. The van der Waals surface area contributed by atoms with Crippen LogP contribution in [0.5, 0.6) is 0 Å². The number of rotatable bonds is 7. The van der Waals surface area contributed by atoms with Gasteiger partial charge in [-0.3, -0.25) is 9.36 Å². The van der Waals surface area contributed by atoms with Crippen molar-refractivity contribution in [1.29, 1.82) is 0 Å². The molecule has 0 unspecified atom stereocenters. The van der Waals surface area contributed by atoms with Crippen molar-refractivity contribution < 1.29 is 9.53 Å². The van der Waals surface area contributed by atoms with Crippen LogP contribution in [-0.4, -0.2) is 35.2 Å². The quantitative estimate of drug-likeness (QED) is 0.672. The molecule has 0 saturated heterocycles. The smallest absolute Gasteiger partial charge is 0.251 e. The number of aromatic nitrogens is 2. The van der Waals surface area contributed by atoms with Crippen molar-refractivity contribution in [3.63, 3.8) is 0 Å². The van der Waals surface area contributed by atoms with Gasteiger partial charge in [0.2, 0.25) is 0 Å². The van der Waals surface area contributed by atoms with Gasteiger partial charge in [-0.15, -0.1) is 0 Å². The minimum absolute atomic E-state index is 0.0784. The monoisotopic (exact) mass is 337 g/mol. The molecule has 2 aromatic carbocycles. The summed E-state index contributed by atoms with van der Waals surface area (Å²) in [6.45, 7) is 5.91. The number of imidazole rings is 1. The van der Waals surface area contributed by atoms with E-state index in [1.807, 2.05) is 62.4 Å². The van der Waals surface area contributed by atoms with Crippen molar-refractivity contribution in [1.82, 2.24) is 14.9 Å². The third-order valence-corrected chi connectivity index (χ3v) is 4.05. The lowest BCUT2D eigenvalue weighted by Gasteiger charge is -2.07. The molecule has 0 saturated carbocycles. The summed E-state index contributed by atoms with van der Waals surface area (Å²) in [5, 5.41) is 2.92. The lowest BCUT2D eigenvalue weighted by Crippen LogP contribution is -2.25. The topological polar surface area (TPSA) is 56.1 Å². The number of hydrogen-bond donors (Lipinski definition) is 1. The number of carbonyl (C=O) groups excluding carboxylic acids is 1. The van der Waals surface area contributed by atoms with Gasteiger partial charge >= 0.3 is 0 Å². The van der Waals surface area contributed by atoms with Gasteiger partial charge in [0.15, 0.2) is 0 Å². The lowest BCUT2D eigenvalue weighted by molar-refractivity contribution is 0.0944. The van der Waals surface area contributed by atoms with Gasteiger partial charge < -0.3 is 10.1 Å². The summed E-state index contributed by atoms with van der Waals surface area (Å²) in [5.74, 6) is 0.820. The van der Waals surface area contributed by atoms with Crippen LogP contribution in [0.15, 0.2) is 48.5 Å². The molecule has 1 aromatic heterocycles. The first-order valence-corrected chi connectivity index (χ1v) is 8.61. The van der Waals surface area contributed by atoms with Crippen LogP contribution in [0.1, 0.15) is 29.5 Å². The fourth-order valence-electron chi connectivity index (χ4n) is 2.87. The van der Waals surface area contributed by atoms with Gasteiger partial charge in [-0.1, -0.05) is 18.2 Å². The molecular formula is C20H23N3O2. The minimum atomic E-state index is -0.0784. The number of carbonyl (C=O) groups is 1. The fourth-order valence-corrected chi connectivity index (χ4v) is 2.87. The zero-order valence-electron chi connectivity index (χ0n) is 14.7. The van der Waals surface area contributed by atoms with Crippen molar-refractivity contribution in [3.05, 3.63) is 59.9 Å². The minimum Gasteiger partial charge on any atom is -0.382 e. The SMILES string of the molecule is CCOCCCNC(=O)c1ccc2c(c1)nc(C)n2-c1ccccc1. The normalized spacial score (nSPS) is 11.0. The van der Waals surface area contributed by atoms with Gasteiger partial charge in [-0.25, -0.2) is 4.98 Å². The molecule has 0 fully saturated rings. The molecule has 5 nitrogen and oxygen atoms in total. The highest BCUT2D eigenvalue weighted by Gasteiger charge is 2.12. The highest BCUT2D eigenvalue weighted by Crippen LogP contribution is 2.22. The van der Waals surface area contributed by atoms with E-state index in [0.29, 0.717) is 25.3 Å². The van der Waals surface area contributed by atoms with Crippen LogP contribution in [0.25, 0.3) is 16.7 Å². The molecule has 3 rings (SSSR count). The summed E-state index contributed by atoms with van der Waals surface area (Å²) in [5.41, 5.74) is 3.51. The van der Waals surface area contributed by atoms with E-state index < -0.39 is 0 Å². The van der Waals surface area contributed by atoms with Crippen molar-refractivity contribution in [3.8, 4) is 5.69 Å². The van der Waals surface area contributed by atoms with Crippen molar-refractivity contribution in [2.75, 3.05) is 19.8 Å². The van der Waals surface area contributed by atoms with E-state index in [2.05, 4.69) is 14.9 Å². The molecule has 0 radical (unpaired) electrons. The Balaban J connectivity index is 1.78. The van der Waals surface area contributed by atoms with E-state index in [1.54, 1.807) is 0 Å². The zero-order chi connectivity index (χ0) is 17.6. The Kier molecular flexibility index (Phi) is 5.46. The summed E-state index contributed by atoms with van der Waals surface area (Å²) in [6.07, 6.45) is 0.809. The number of benzene rings is 2. The first kappa shape index (κ1) is 17.2. The fraction of sp³-hybridized carbons (Fsp3) is 0.300. The Bertz CT molecular complexity index is 856. The van der Waals surface area contributed by atoms with Crippen LogP contribution in [0.2, 0.25) is 0 Å². The van der Waals surface area contributed by atoms with Gasteiger partial charge in [-0.2, -0.15) is 0 Å². The molecule has 25 heavy (non-hydrogen) atoms. The third kappa shape index (κ3) is 3.88. The molecule has 0 aliphatic carbocycles. The Hall–Kier alpha value is -2.66. The number of hydrogen-bond acceptors (Lipinski definition) is 3. The summed E-state index contributed by atoms with van der Waals surface area (Å²) in [4.78, 5) is 16.9. The van der Waals surface area contributed by atoms with Gasteiger partial charge in [0.1, 0.15) is 5.82 Å². The zero-order valence-corrected chi connectivity index (χ0v) is 14.7. The Morgan fingerprint density at radius 2 is 2.00 bits per heavy atom. The number of amides is 1. The van der Waals surface area contributed by atoms with Crippen LogP contribution in [-0.2, 0) is 4.74 Å². The van der Waals surface area contributed by atoms with Crippen LogP contribution in [0.4, 0.5) is 0 Å². The second-order valence-corrected chi connectivity index (χ2v) is 5.84. The Morgan fingerprint density at radius 1 is 1.20 bits per heavy atom. The van der Waals surface area contributed by atoms with Gasteiger partial charge in [-0.05, 0) is 50.6 Å². The van der Waals surface area contributed by atoms with E-state index in [4.69, 9.17) is 4.74 Å². The third-order valence-electron chi connectivity index (χ3n) is 4.05. The van der Waals surface area contributed by atoms with Gasteiger partial charge in [0.25, 0.3) is 5.91 Å². The van der Waals surface area contributed by atoms with E-state index in [9.17, 15) is 4.79 Å². The van der Waals surface area contributed by atoms with E-state index in [-0.39, 0.29) is 5.91 Å². The lowest BCUT2D eigenvalue weighted by atomic mass is 10.2. The predicted octanol–water partition coefficient (Wildman–Crippen LogP) is 3.49. The van der Waals surface area contributed by atoms with Crippen molar-refractivity contribution in [2.24, 2.45) is 0 Å². The maximum Gasteiger partial charge on any atom is 0.251 e. The molecule has 0 aliphatic heterocycles. The predicted molar refractivity (Wildman–Crippen MR) is 99.3 cm³/mol. The molecule has 0 spiro atoms. The Morgan fingerprint density at radius 3 is 2.76 bits per heavy atom. The second-order valence-electron chi connectivity index (χ2n) is 5.84. The molecule has 3 aromatic rings. The maximum atomic E-state index is 12.3. The molecule has 0 bridgehead atoms. The Labute approximate surface area is 147 Å². The highest BCUT2D eigenvalue weighted by molar-refractivity contribution is 5.97. The molecule has 130 valence electrons. The van der Waals surface area contributed by atoms with E-state index in [1.165, 1.54) is 0 Å². The molecule has 1 heterocycles. The van der Waals surface area contributed by atoms with E-state index in [0.717, 1.165) is 29.0 Å². The summed E-state index contributed by atoms with van der Waals surface area (Å²) in [7, 11) is 0. The first-order chi connectivity index (χ1) is 12.2. The summed E-state index contributed by atoms with van der Waals surface area (Å²) in [6, 6.07) is 15.7. The number of nitrogens with zero attached hydrogens (tertiary/aromatic N) is 2. The number of nitrogens with one attached hydrogen (secondary N) is 1.